The van der Waals surface area contributed by atoms with E-state index in [-0.39, 0.29) is 10.5 Å². The van der Waals surface area contributed by atoms with Crippen LogP contribution >= 0.6 is 11.3 Å². The van der Waals surface area contributed by atoms with Crippen molar-refractivity contribution in [3.05, 3.63) is 53.0 Å². The van der Waals surface area contributed by atoms with Gasteiger partial charge in [-0.2, -0.15) is 0 Å². The molecule has 124 valence electrons. The second kappa shape index (κ2) is 6.19. The highest BCUT2D eigenvalue weighted by molar-refractivity contribution is 7.92. The van der Waals surface area contributed by atoms with Gasteiger partial charge in [0, 0.05) is 11.3 Å². The molecule has 1 heterocycles. The average molecular weight is 363 g/mol. The summed E-state index contributed by atoms with van der Waals surface area (Å²) in [6.07, 6.45) is 0. The van der Waals surface area contributed by atoms with E-state index in [1.54, 1.807) is 6.07 Å². The number of hydroxylamine groups is 1. The molecule has 0 saturated carbocycles. The van der Waals surface area contributed by atoms with Gasteiger partial charge in [-0.1, -0.05) is 0 Å². The molecular formula is C15H13N3O4S2. The van der Waals surface area contributed by atoms with E-state index >= 15 is 0 Å². The van der Waals surface area contributed by atoms with Crippen LogP contribution < -0.4 is 10.2 Å². The minimum atomic E-state index is -3.77. The molecule has 0 saturated heterocycles. The van der Waals surface area contributed by atoms with Crippen LogP contribution in [0, 0.1) is 6.92 Å². The number of aryl methyl sites for hydroxylation is 1. The van der Waals surface area contributed by atoms with E-state index < -0.39 is 15.9 Å². The Balaban J connectivity index is 1.88. The van der Waals surface area contributed by atoms with E-state index in [9.17, 15) is 13.2 Å². The number of rotatable bonds is 4. The van der Waals surface area contributed by atoms with Crippen LogP contribution in [-0.4, -0.2) is 24.5 Å². The molecule has 0 aliphatic heterocycles. The first-order valence-electron chi connectivity index (χ1n) is 6.83. The van der Waals surface area contributed by atoms with Crippen molar-refractivity contribution in [1.82, 2.24) is 10.5 Å². The number of amides is 1. The van der Waals surface area contributed by atoms with Gasteiger partial charge < -0.3 is 0 Å². The summed E-state index contributed by atoms with van der Waals surface area (Å²) in [6.45, 7) is 1.86. The lowest BCUT2D eigenvalue weighted by Gasteiger charge is -2.08. The zero-order chi connectivity index (χ0) is 17.3. The quantitative estimate of drug-likeness (QED) is 0.487. The van der Waals surface area contributed by atoms with Crippen molar-refractivity contribution >= 4 is 43.2 Å². The van der Waals surface area contributed by atoms with Crippen molar-refractivity contribution in [1.29, 1.82) is 0 Å². The van der Waals surface area contributed by atoms with E-state index in [1.165, 1.54) is 53.2 Å². The van der Waals surface area contributed by atoms with E-state index in [0.717, 1.165) is 9.71 Å². The number of sulfonamides is 1. The molecule has 24 heavy (non-hydrogen) atoms. The molecule has 3 rings (SSSR count). The SMILES string of the molecule is Cc1nc2cc(S(=O)(=O)Nc3ccc(C(=O)NO)cc3)ccc2s1. The number of carbonyl (C=O) groups is 1. The molecule has 0 radical (unpaired) electrons. The van der Waals surface area contributed by atoms with Crippen molar-refractivity contribution in [2.75, 3.05) is 4.72 Å². The Hall–Kier alpha value is -2.49. The summed E-state index contributed by atoms with van der Waals surface area (Å²) in [5.74, 6) is -0.672. The number of nitrogens with one attached hydrogen (secondary N) is 2. The number of thiazole rings is 1. The van der Waals surface area contributed by atoms with Crippen LogP contribution in [0.15, 0.2) is 47.4 Å². The third kappa shape index (κ3) is 3.23. The minimum Gasteiger partial charge on any atom is -0.288 e. The van der Waals surface area contributed by atoms with Gasteiger partial charge in [0.25, 0.3) is 15.9 Å². The predicted molar refractivity (Wildman–Crippen MR) is 90.9 cm³/mol. The Kier molecular flexibility index (Phi) is 4.22. The van der Waals surface area contributed by atoms with E-state index in [2.05, 4.69) is 9.71 Å². The highest BCUT2D eigenvalue weighted by atomic mass is 32.2. The number of nitrogens with zero attached hydrogens (tertiary/aromatic N) is 1. The van der Waals surface area contributed by atoms with Crippen molar-refractivity contribution in [2.24, 2.45) is 0 Å². The molecule has 0 fully saturated rings. The Morgan fingerprint density at radius 2 is 1.88 bits per heavy atom. The molecule has 1 amide bonds. The summed E-state index contributed by atoms with van der Waals surface area (Å²) in [5, 5.41) is 9.43. The summed E-state index contributed by atoms with van der Waals surface area (Å²) < 4.78 is 28.3. The highest BCUT2D eigenvalue weighted by Gasteiger charge is 2.16. The molecule has 1 aromatic heterocycles. The van der Waals surface area contributed by atoms with E-state index in [0.29, 0.717) is 11.2 Å². The van der Waals surface area contributed by atoms with Gasteiger partial charge in [-0.3, -0.25) is 14.7 Å². The lowest BCUT2D eigenvalue weighted by molar-refractivity contribution is 0.0706. The summed E-state index contributed by atoms with van der Waals surface area (Å²) in [4.78, 5) is 15.7. The smallest absolute Gasteiger partial charge is 0.274 e. The number of hydrogen-bond donors (Lipinski definition) is 3. The van der Waals surface area contributed by atoms with Gasteiger partial charge in [0.15, 0.2) is 0 Å². The van der Waals surface area contributed by atoms with E-state index in [4.69, 9.17) is 5.21 Å². The molecule has 0 bridgehead atoms. The lowest BCUT2D eigenvalue weighted by Crippen LogP contribution is -2.18. The maximum absolute atomic E-state index is 12.5. The molecule has 3 aromatic rings. The van der Waals surface area contributed by atoms with E-state index in [1.807, 2.05) is 6.92 Å². The fraction of sp³-hybridized carbons (Fsp3) is 0.0667. The number of aromatic nitrogens is 1. The maximum atomic E-state index is 12.5. The van der Waals surface area contributed by atoms with Crippen molar-refractivity contribution in [2.45, 2.75) is 11.8 Å². The van der Waals surface area contributed by atoms with Gasteiger partial charge in [0.1, 0.15) is 0 Å². The number of benzene rings is 2. The van der Waals surface area contributed by atoms with Crippen LogP contribution in [-0.2, 0) is 10.0 Å². The number of carbonyl (C=O) groups excluding carboxylic acids is 1. The molecule has 2 aromatic carbocycles. The Morgan fingerprint density at radius 3 is 2.54 bits per heavy atom. The first-order chi connectivity index (χ1) is 11.4. The van der Waals surface area contributed by atoms with Crippen LogP contribution in [0.5, 0.6) is 0 Å². The fourth-order valence-corrected chi connectivity index (χ4v) is 4.04. The standard InChI is InChI=1S/C15H13N3O4S2/c1-9-16-13-8-12(6-7-14(13)23-9)24(21,22)18-11-4-2-10(3-5-11)15(19)17-20/h2-8,18,20H,1H3,(H,17,19). The Morgan fingerprint density at radius 1 is 1.17 bits per heavy atom. The summed E-state index contributed by atoms with van der Waals surface area (Å²) >= 11 is 1.50. The molecule has 0 atom stereocenters. The fourth-order valence-electron chi connectivity index (χ4n) is 2.16. The molecular weight excluding hydrogens is 350 g/mol. The Bertz CT molecular complexity index is 1010. The van der Waals surface area contributed by atoms with Gasteiger partial charge in [-0.05, 0) is 49.4 Å². The van der Waals surface area contributed by atoms with Gasteiger partial charge in [-0.15, -0.1) is 11.3 Å². The van der Waals surface area contributed by atoms with Gasteiger partial charge in [-0.25, -0.2) is 18.9 Å². The summed E-state index contributed by atoms with van der Waals surface area (Å²) in [6, 6.07) is 10.4. The monoisotopic (exact) mass is 363 g/mol. The largest absolute Gasteiger partial charge is 0.288 e. The molecule has 7 nitrogen and oxygen atoms in total. The van der Waals surface area contributed by atoms with Crippen molar-refractivity contribution < 1.29 is 18.4 Å². The van der Waals surface area contributed by atoms with Crippen LogP contribution in [0.1, 0.15) is 15.4 Å². The highest BCUT2D eigenvalue weighted by Crippen LogP contribution is 2.25. The maximum Gasteiger partial charge on any atom is 0.274 e. The molecule has 0 spiro atoms. The molecule has 3 N–H and O–H groups in total. The van der Waals surface area contributed by atoms with Crippen LogP contribution in [0.3, 0.4) is 0 Å². The zero-order valence-corrected chi connectivity index (χ0v) is 14.1. The minimum absolute atomic E-state index is 0.109. The molecule has 0 unspecified atom stereocenters. The zero-order valence-electron chi connectivity index (χ0n) is 12.5. The van der Waals surface area contributed by atoms with Crippen molar-refractivity contribution in [3.63, 3.8) is 0 Å². The van der Waals surface area contributed by atoms with Gasteiger partial charge >= 0.3 is 0 Å². The summed E-state index contributed by atoms with van der Waals surface area (Å²) in [7, 11) is -3.77. The van der Waals surface area contributed by atoms with Crippen LogP contribution in [0.25, 0.3) is 10.2 Å². The molecule has 0 aliphatic carbocycles. The number of hydrogen-bond acceptors (Lipinski definition) is 6. The number of anilines is 1. The first-order valence-corrected chi connectivity index (χ1v) is 9.13. The van der Waals surface area contributed by atoms with Gasteiger partial charge in [0.05, 0.1) is 20.1 Å². The topological polar surface area (TPSA) is 108 Å². The summed E-state index contributed by atoms with van der Waals surface area (Å²) in [5.41, 5.74) is 2.66. The van der Waals surface area contributed by atoms with Crippen molar-refractivity contribution in [3.8, 4) is 0 Å². The second-order valence-electron chi connectivity index (χ2n) is 4.99. The first kappa shape index (κ1) is 16.4. The third-order valence-electron chi connectivity index (χ3n) is 3.28. The normalized spacial score (nSPS) is 11.4. The average Bonchev–Trinajstić information content (AvgIpc) is 2.93. The van der Waals surface area contributed by atoms with Gasteiger partial charge in [0.2, 0.25) is 0 Å². The predicted octanol–water partition coefficient (Wildman–Crippen LogP) is 2.52. The Labute approximate surface area is 142 Å². The molecule has 0 aliphatic rings. The molecule has 9 heteroatoms. The van der Waals surface area contributed by atoms with Crippen LogP contribution in [0.2, 0.25) is 0 Å². The second-order valence-corrected chi connectivity index (χ2v) is 7.90. The number of fused-ring (bicyclic) bond motifs is 1. The third-order valence-corrected chi connectivity index (χ3v) is 5.61. The van der Waals surface area contributed by atoms with Crippen LogP contribution in [0.4, 0.5) is 5.69 Å². The lowest BCUT2D eigenvalue weighted by atomic mass is 10.2.